The molecule has 0 aliphatic carbocycles. The van der Waals surface area contributed by atoms with Gasteiger partial charge >= 0.3 is 0 Å². The molecule has 3 aromatic carbocycles. The molecule has 0 radical (unpaired) electrons. The number of hydrogen-bond acceptors (Lipinski definition) is 6. The lowest BCUT2D eigenvalue weighted by Gasteiger charge is -2.13. The Morgan fingerprint density at radius 3 is 2.47 bits per heavy atom. The number of nitrogens with one attached hydrogen (secondary N) is 1. The average molecular weight is 508 g/mol. The van der Waals surface area contributed by atoms with Crippen LogP contribution in [0.2, 0.25) is 0 Å². The van der Waals surface area contributed by atoms with Crippen molar-refractivity contribution in [1.82, 2.24) is 14.6 Å². The standard InChI is InChI=1S/C29H25N5O4/c1-17-5-7-21(8-6-17)26-9-10-30-28-25(16-31-33(26)28)29(35)32-22-13-23(34(36)37)15-24(14-22)38-27-12-18(2)11-19(3)20(27)4/h5-16H,1-4H3,(H,32,35). The fourth-order valence-corrected chi connectivity index (χ4v) is 4.25. The Bertz CT molecular complexity index is 1710. The third-order valence-corrected chi connectivity index (χ3v) is 6.35. The number of nitro groups is 1. The molecule has 5 aromatic rings. The first kappa shape index (κ1) is 24.6. The van der Waals surface area contributed by atoms with Gasteiger partial charge in [-0.3, -0.25) is 14.9 Å². The first-order chi connectivity index (χ1) is 18.2. The van der Waals surface area contributed by atoms with E-state index in [9.17, 15) is 14.9 Å². The Hall–Kier alpha value is -5.05. The fraction of sp³-hybridized carbons (Fsp3) is 0.138. The smallest absolute Gasteiger partial charge is 0.275 e. The van der Waals surface area contributed by atoms with Crippen LogP contribution >= 0.6 is 0 Å². The minimum Gasteiger partial charge on any atom is -0.457 e. The van der Waals surface area contributed by atoms with E-state index < -0.39 is 10.8 Å². The Morgan fingerprint density at radius 2 is 1.74 bits per heavy atom. The molecular formula is C29H25N5O4. The summed E-state index contributed by atoms with van der Waals surface area (Å²) in [7, 11) is 0. The zero-order valence-corrected chi connectivity index (χ0v) is 21.4. The fourth-order valence-electron chi connectivity index (χ4n) is 4.25. The van der Waals surface area contributed by atoms with Crippen LogP contribution in [-0.2, 0) is 0 Å². The van der Waals surface area contributed by atoms with Gasteiger partial charge in [0.2, 0.25) is 0 Å². The number of nitro benzene ring substituents is 1. The first-order valence-electron chi connectivity index (χ1n) is 12.0. The van der Waals surface area contributed by atoms with Crippen molar-refractivity contribution in [2.24, 2.45) is 0 Å². The summed E-state index contributed by atoms with van der Waals surface area (Å²) in [6.07, 6.45) is 3.05. The second kappa shape index (κ2) is 9.78. The highest BCUT2D eigenvalue weighted by atomic mass is 16.6. The van der Waals surface area contributed by atoms with Crippen molar-refractivity contribution in [3.63, 3.8) is 0 Å². The van der Waals surface area contributed by atoms with E-state index in [-0.39, 0.29) is 22.7 Å². The monoisotopic (exact) mass is 507 g/mol. The van der Waals surface area contributed by atoms with Crippen molar-refractivity contribution in [1.29, 1.82) is 0 Å². The van der Waals surface area contributed by atoms with Gasteiger partial charge in [0, 0.05) is 23.9 Å². The summed E-state index contributed by atoms with van der Waals surface area (Å²) in [5.41, 5.74) is 6.43. The van der Waals surface area contributed by atoms with Gasteiger partial charge in [0.05, 0.1) is 28.6 Å². The normalized spacial score (nSPS) is 10.9. The Balaban J connectivity index is 1.47. The van der Waals surface area contributed by atoms with Gasteiger partial charge in [-0.1, -0.05) is 35.9 Å². The predicted octanol–water partition coefficient (Wildman–Crippen LogP) is 6.58. The number of rotatable bonds is 6. The third-order valence-electron chi connectivity index (χ3n) is 6.35. The molecule has 0 unspecified atom stereocenters. The van der Waals surface area contributed by atoms with E-state index in [4.69, 9.17) is 4.74 Å². The molecule has 2 aromatic heterocycles. The number of amides is 1. The van der Waals surface area contributed by atoms with E-state index in [1.807, 2.05) is 70.2 Å². The number of fused-ring (bicyclic) bond motifs is 1. The Kier molecular flexibility index (Phi) is 6.34. The number of non-ortho nitro benzene ring substituents is 1. The molecule has 1 amide bonds. The van der Waals surface area contributed by atoms with Crippen LogP contribution in [0.25, 0.3) is 16.9 Å². The number of aromatic nitrogens is 3. The molecule has 9 heteroatoms. The van der Waals surface area contributed by atoms with E-state index in [0.717, 1.165) is 33.5 Å². The molecule has 0 spiro atoms. The molecular weight excluding hydrogens is 482 g/mol. The van der Waals surface area contributed by atoms with Crippen LogP contribution in [0.5, 0.6) is 11.5 Å². The molecule has 0 fully saturated rings. The van der Waals surface area contributed by atoms with Gasteiger partial charge in [-0.05, 0) is 56.5 Å². The van der Waals surface area contributed by atoms with E-state index in [1.165, 1.54) is 18.3 Å². The molecule has 2 heterocycles. The van der Waals surface area contributed by atoms with Crippen LogP contribution in [-0.4, -0.2) is 25.4 Å². The third kappa shape index (κ3) is 4.81. The van der Waals surface area contributed by atoms with Crippen molar-refractivity contribution in [3.8, 4) is 22.8 Å². The zero-order valence-electron chi connectivity index (χ0n) is 21.4. The topological polar surface area (TPSA) is 112 Å². The number of benzene rings is 3. The molecule has 0 aliphatic rings. The molecule has 9 nitrogen and oxygen atoms in total. The summed E-state index contributed by atoms with van der Waals surface area (Å²) >= 11 is 0. The van der Waals surface area contributed by atoms with Crippen LogP contribution in [0, 0.1) is 37.8 Å². The van der Waals surface area contributed by atoms with E-state index in [0.29, 0.717) is 11.4 Å². The molecule has 0 saturated carbocycles. The van der Waals surface area contributed by atoms with Crippen LogP contribution in [0.1, 0.15) is 32.6 Å². The minimum absolute atomic E-state index is 0.209. The molecule has 38 heavy (non-hydrogen) atoms. The number of carbonyl (C=O) groups excluding carboxylic acids is 1. The maximum Gasteiger partial charge on any atom is 0.275 e. The van der Waals surface area contributed by atoms with Crippen LogP contribution in [0.3, 0.4) is 0 Å². The zero-order chi connectivity index (χ0) is 27.0. The largest absolute Gasteiger partial charge is 0.457 e. The summed E-state index contributed by atoms with van der Waals surface area (Å²) in [6, 6.07) is 17.9. The summed E-state index contributed by atoms with van der Waals surface area (Å²) in [5, 5.41) is 18.8. The lowest BCUT2D eigenvalue weighted by Crippen LogP contribution is -2.12. The highest BCUT2D eigenvalue weighted by molar-refractivity contribution is 6.08. The molecule has 0 bridgehead atoms. The van der Waals surface area contributed by atoms with Crippen molar-refractivity contribution >= 4 is 22.9 Å². The maximum absolute atomic E-state index is 13.3. The number of aryl methyl sites for hydroxylation is 3. The molecule has 0 atom stereocenters. The first-order valence-corrected chi connectivity index (χ1v) is 12.0. The highest BCUT2D eigenvalue weighted by Crippen LogP contribution is 2.33. The van der Waals surface area contributed by atoms with Crippen molar-refractivity contribution in [3.05, 3.63) is 111 Å². The maximum atomic E-state index is 13.3. The minimum atomic E-state index is -0.526. The van der Waals surface area contributed by atoms with Gasteiger partial charge in [-0.2, -0.15) is 5.10 Å². The van der Waals surface area contributed by atoms with Crippen LogP contribution in [0.4, 0.5) is 11.4 Å². The molecule has 190 valence electrons. The molecule has 1 N–H and O–H groups in total. The van der Waals surface area contributed by atoms with Crippen LogP contribution in [0.15, 0.2) is 73.1 Å². The van der Waals surface area contributed by atoms with E-state index in [2.05, 4.69) is 15.4 Å². The molecule has 0 aliphatic heterocycles. The van der Waals surface area contributed by atoms with Gasteiger partial charge in [0.15, 0.2) is 5.65 Å². The molecule has 5 rings (SSSR count). The van der Waals surface area contributed by atoms with E-state index in [1.54, 1.807) is 16.8 Å². The van der Waals surface area contributed by atoms with Crippen molar-refractivity contribution in [2.75, 3.05) is 5.32 Å². The quantitative estimate of drug-likeness (QED) is 0.205. The number of anilines is 1. The highest BCUT2D eigenvalue weighted by Gasteiger charge is 2.19. The summed E-state index contributed by atoms with van der Waals surface area (Å²) in [4.78, 5) is 28.7. The summed E-state index contributed by atoms with van der Waals surface area (Å²) in [5.74, 6) is 0.334. The average Bonchev–Trinajstić information content (AvgIpc) is 3.32. The van der Waals surface area contributed by atoms with Gasteiger partial charge in [-0.25, -0.2) is 9.50 Å². The van der Waals surface area contributed by atoms with Crippen LogP contribution < -0.4 is 10.1 Å². The van der Waals surface area contributed by atoms with Crippen molar-refractivity contribution in [2.45, 2.75) is 27.7 Å². The second-order valence-electron chi connectivity index (χ2n) is 9.22. The lowest BCUT2D eigenvalue weighted by atomic mass is 10.1. The summed E-state index contributed by atoms with van der Waals surface area (Å²) in [6.45, 7) is 7.86. The Labute approximate surface area is 218 Å². The van der Waals surface area contributed by atoms with Gasteiger partial charge in [0.1, 0.15) is 17.1 Å². The van der Waals surface area contributed by atoms with E-state index >= 15 is 0 Å². The number of carbonyl (C=O) groups is 1. The number of nitrogens with zero attached hydrogens (tertiary/aromatic N) is 4. The number of hydrogen-bond donors (Lipinski definition) is 1. The second-order valence-corrected chi connectivity index (χ2v) is 9.22. The number of ether oxygens (including phenoxy) is 1. The SMILES string of the molecule is Cc1ccc(-c2ccnc3c(C(=O)Nc4cc(Oc5cc(C)cc(C)c5C)cc([N+](=O)[O-])c4)cnn23)cc1. The van der Waals surface area contributed by atoms with Gasteiger partial charge < -0.3 is 10.1 Å². The summed E-state index contributed by atoms with van der Waals surface area (Å²) < 4.78 is 7.63. The van der Waals surface area contributed by atoms with Crippen molar-refractivity contribution < 1.29 is 14.5 Å². The lowest BCUT2D eigenvalue weighted by molar-refractivity contribution is -0.384. The molecule has 0 saturated heterocycles. The predicted molar refractivity (Wildman–Crippen MR) is 145 cm³/mol. The van der Waals surface area contributed by atoms with Gasteiger partial charge in [-0.15, -0.1) is 0 Å². The Morgan fingerprint density at radius 1 is 0.974 bits per heavy atom. The van der Waals surface area contributed by atoms with Gasteiger partial charge in [0.25, 0.3) is 11.6 Å².